The first kappa shape index (κ1) is 24.5. The normalized spacial score (nSPS) is 18.0. The maximum atomic E-state index is 12.7. The third kappa shape index (κ3) is 6.71. The number of piperidine rings is 1. The number of aromatic nitrogens is 3. The lowest BCUT2D eigenvalue weighted by Crippen LogP contribution is -2.52. The minimum absolute atomic E-state index is 0.117. The molecule has 35 heavy (non-hydrogen) atoms. The molecule has 10 nitrogen and oxygen atoms in total. The number of hydrogen-bond donors (Lipinski definition) is 3. The minimum Gasteiger partial charge on any atom is -0.495 e. The van der Waals surface area contributed by atoms with Crippen LogP contribution >= 0.6 is 11.6 Å². The van der Waals surface area contributed by atoms with Gasteiger partial charge in [-0.05, 0) is 42.8 Å². The average Bonchev–Trinajstić information content (AvgIpc) is 3.25. The van der Waals surface area contributed by atoms with Gasteiger partial charge in [-0.3, -0.25) is 19.4 Å². The number of anilines is 2. The van der Waals surface area contributed by atoms with E-state index >= 15 is 0 Å². The van der Waals surface area contributed by atoms with Crippen LogP contribution in [0.15, 0.2) is 54.9 Å². The van der Waals surface area contributed by atoms with Gasteiger partial charge in [0.1, 0.15) is 5.75 Å². The molecule has 2 aromatic heterocycles. The summed E-state index contributed by atoms with van der Waals surface area (Å²) in [5.74, 6) is 0.910. The van der Waals surface area contributed by atoms with Crippen LogP contribution < -0.4 is 20.7 Å². The van der Waals surface area contributed by atoms with Gasteiger partial charge >= 0.3 is 6.03 Å². The van der Waals surface area contributed by atoms with Gasteiger partial charge in [0, 0.05) is 60.8 Å². The first-order valence-corrected chi connectivity index (χ1v) is 11.6. The topological polar surface area (TPSA) is 113 Å². The molecule has 3 N–H and O–H groups in total. The largest absolute Gasteiger partial charge is 0.495 e. The third-order valence-corrected chi connectivity index (χ3v) is 6.09. The molecular formula is C24H28ClN7O3. The van der Waals surface area contributed by atoms with Crippen molar-refractivity contribution in [3.8, 4) is 5.75 Å². The van der Waals surface area contributed by atoms with Gasteiger partial charge in [-0.15, -0.1) is 0 Å². The third-order valence-electron chi connectivity index (χ3n) is 5.84. The lowest BCUT2D eigenvalue weighted by atomic mass is 9.88. The van der Waals surface area contributed by atoms with Crippen LogP contribution in [0.4, 0.5) is 16.3 Å². The van der Waals surface area contributed by atoms with Crippen LogP contribution in [0.5, 0.6) is 5.75 Å². The summed E-state index contributed by atoms with van der Waals surface area (Å²) in [6, 6.07) is 11.9. The zero-order valence-electron chi connectivity index (χ0n) is 19.6. The molecule has 0 radical (unpaired) electrons. The van der Waals surface area contributed by atoms with Crippen molar-refractivity contribution in [1.82, 2.24) is 25.0 Å². The molecule has 1 fully saturated rings. The number of hydrogen-bond acceptors (Lipinski definition) is 6. The summed E-state index contributed by atoms with van der Waals surface area (Å²) in [6.07, 6.45) is 4.09. The monoisotopic (exact) mass is 497 g/mol. The van der Waals surface area contributed by atoms with Crippen molar-refractivity contribution in [1.29, 1.82) is 0 Å². The maximum Gasteiger partial charge on any atom is 0.319 e. The summed E-state index contributed by atoms with van der Waals surface area (Å²) >= 11 is 5.93. The highest BCUT2D eigenvalue weighted by Gasteiger charge is 2.33. The van der Waals surface area contributed by atoms with Crippen LogP contribution in [-0.4, -0.2) is 64.4 Å². The summed E-state index contributed by atoms with van der Waals surface area (Å²) < 4.78 is 6.86. The van der Waals surface area contributed by atoms with E-state index in [9.17, 15) is 9.59 Å². The van der Waals surface area contributed by atoms with Crippen molar-refractivity contribution in [2.45, 2.75) is 18.4 Å². The number of carbonyl (C=O) groups excluding carboxylic acids is 2. The van der Waals surface area contributed by atoms with Gasteiger partial charge in [0.25, 0.3) is 0 Å². The molecule has 1 aliphatic heterocycles. The summed E-state index contributed by atoms with van der Waals surface area (Å²) in [6.45, 7) is 1.42. The lowest BCUT2D eigenvalue weighted by Gasteiger charge is -2.38. The SMILES string of the molecule is COc1ccc([C@@H]2CN(CC(=O)Nc3ccn(C)n3)CC[C@H]2NC(=O)Nc2ccc(Cl)cc2)nc1. The molecule has 3 amide bonds. The van der Waals surface area contributed by atoms with E-state index in [0.717, 1.165) is 5.69 Å². The van der Waals surface area contributed by atoms with Crippen LogP contribution in [-0.2, 0) is 11.8 Å². The number of carbonyl (C=O) groups is 2. The van der Waals surface area contributed by atoms with E-state index in [2.05, 4.69) is 30.9 Å². The quantitative estimate of drug-likeness (QED) is 0.462. The Morgan fingerprint density at radius 1 is 1.14 bits per heavy atom. The fourth-order valence-corrected chi connectivity index (χ4v) is 4.23. The molecule has 0 aliphatic carbocycles. The molecule has 0 bridgehead atoms. The molecule has 0 spiro atoms. The molecule has 184 valence electrons. The summed E-state index contributed by atoms with van der Waals surface area (Å²) in [7, 11) is 3.38. The number of urea groups is 1. The first-order valence-electron chi connectivity index (χ1n) is 11.2. The van der Waals surface area contributed by atoms with Gasteiger partial charge < -0.3 is 20.7 Å². The van der Waals surface area contributed by atoms with Gasteiger partial charge in [0.15, 0.2) is 5.82 Å². The second-order valence-corrected chi connectivity index (χ2v) is 8.82. The van der Waals surface area contributed by atoms with E-state index in [0.29, 0.717) is 41.8 Å². The van der Waals surface area contributed by atoms with E-state index in [-0.39, 0.29) is 30.4 Å². The zero-order chi connectivity index (χ0) is 24.8. The Hall–Kier alpha value is -3.63. The molecule has 4 rings (SSSR count). The van der Waals surface area contributed by atoms with Crippen LogP contribution in [0, 0.1) is 0 Å². The number of nitrogens with zero attached hydrogens (tertiary/aromatic N) is 4. The van der Waals surface area contributed by atoms with Crippen LogP contribution in [0.2, 0.25) is 5.02 Å². The number of methoxy groups -OCH3 is 1. The molecule has 0 unspecified atom stereocenters. The fourth-order valence-electron chi connectivity index (χ4n) is 4.10. The van der Waals surface area contributed by atoms with Crippen molar-refractivity contribution < 1.29 is 14.3 Å². The number of ether oxygens (including phenoxy) is 1. The second-order valence-electron chi connectivity index (χ2n) is 8.39. The smallest absolute Gasteiger partial charge is 0.319 e. The predicted molar refractivity (Wildman–Crippen MR) is 134 cm³/mol. The highest BCUT2D eigenvalue weighted by Crippen LogP contribution is 2.27. The number of amides is 3. The Kier molecular flexibility index (Phi) is 7.84. The lowest BCUT2D eigenvalue weighted by molar-refractivity contribution is -0.117. The highest BCUT2D eigenvalue weighted by molar-refractivity contribution is 6.30. The molecule has 2 atom stereocenters. The molecular weight excluding hydrogens is 470 g/mol. The van der Waals surface area contributed by atoms with Gasteiger partial charge in [0.2, 0.25) is 5.91 Å². The van der Waals surface area contributed by atoms with Crippen molar-refractivity contribution in [2.75, 3.05) is 37.4 Å². The number of rotatable bonds is 7. The molecule has 3 heterocycles. The number of nitrogens with one attached hydrogen (secondary N) is 3. The number of likely N-dealkylation sites (tertiary alicyclic amines) is 1. The Morgan fingerprint density at radius 2 is 1.94 bits per heavy atom. The molecule has 3 aromatic rings. The van der Waals surface area contributed by atoms with Crippen molar-refractivity contribution >= 4 is 35.0 Å². The number of benzene rings is 1. The Bertz CT molecular complexity index is 1150. The molecule has 11 heteroatoms. The fraction of sp³-hybridized carbons (Fsp3) is 0.333. The highest BCUT2D eigenvalue weighted by atomic mass is 35.5. The van der Waals surface area contributed by atoms with E-state index in [1.165, 1.54) is 0 Å². The van der Waals surface area contributed by atoms with Gasteiger partial charge in [-0.2, -0.15) is 5.10 Å². The Labute approximate surface area is 208 Å². The molecule has 1 saturated heterocycles. The van der Waals surface area contributed by atoms with Crippen molar-refractivity contribution in [2.24, 2.45) is 7.05 Å². The molecule has 0 saturated carbocycles. The molecule has 1 aliphatic rings. The maximum absolute atomic E-state index is 12.7. The summed E-state index contributed by atoms with van der Waals surface area (Å²) in [4.78, 5) is 31.9. The van der Waals surface area contributed by atoms with Crippen molar-refractivity contribution in [3.63, 3.8) is 0 Å². The molecule has 1 aromatic carbocycles. The van der Waals surface area contributed by atoms with Crippen molar-refractivity contribution in [3.05, 3.63) is 65.6 Å². The Morgan fingerprint density at radius 3 is 2.60 bits per heavy atom. The van der Waals surface area contributed by atoms with Gasteiger partial charge in [-0.25, -0.2) is 4.79 Å². The van der Waals surface area contributed by atoms with Gasteiger partial charge in [-0.1, -0.05) is 11.6 Å². The summed E-state index contributed by atoms with van der Waals surface area (Å²) in [5.41, 5.74) is 1.46. The van der Waals surface area contributed by atoms with E-state index < -0.39 is 0 Å². The average molecular weight is 498 g/mol. The first-order chi connectivity index (χ1) is 16.9. The van der Waals surface area contributed by atoms with E-state index in [4.69, 9.17) is 16.3 Å². The number of aryl methyl sites for hydroxylation is 1. The van der Waals surface area contributed by atoms with E-state index in [1.54, 1.807) is 61.6 Å². The van der Waals surface area contributed by atoms with Gasteiger partial charge in [0.05, 0.1) is 19.9 Å². The number of pyridine rings is 1. The van der Waals surface area contributed by atoms with Crippen LogP contribution in [0.25, 0.3) is 0 Å². The van der Waals surface area contributed by atoms with Crippen LogP contribution in [0.1, 0.15) is 18.0 Å². The zero-order valence-corrected chi connectivity index (χ0v) is 20.3. The van der Waals surface area contributed by atoms with E-state index in [1.807, 2.05) is 12.1 Å². The predicted octanol–water partition coefficient (Wildman–Crippen LogP) is 3.10. The summed E-state index contributed by atoms with van der Waals surface area (Å²) in [5, 5.41) is 13.5. The number of halogens is 1. The standard InChI is InChI=1S/C24H28ClN7O3/c1-31-11-10-22(30-31)29-23(33)15-32-12-9-21(19(14-32)20-8-7-18(35-2)13-26-20)28-24(34)27-17-5-3-16(25)4-6-17/h3-8,10-11,13,19,21H,9,12,14-15H2,1-2H3,(H2,27,28,34)(H,29,30,33)/t19-,21+/m0/s1. The Balaban J connectivity index is 1.43. The second kappa shape index (κ2) is 11.2. The van der Waals surface area contributed by atoms with Crippen LogP contribution in [0.3, 0.4) is 0 Å². The minimum atomic E-state index is -0.308.